The van der Waals surface area contributed by atoms with E-state index in [0.29, 0.717) is 17.2 Å². The van der Waals surface area contributed by atoms with Crippen LogP contribution < -0.4 is 0 Å². The molecule has 0 aliphatic heterocycles. The Morgan fingerprint density at radius 2 is 0.739 bits per heavy atom. The summed E-state index contributed by atoms with van der Waals surface area (Å²) in [7, 11) is 0. The highest BCUT2D eigenvalue weighted by Gasteiger charge is 2.29. The van der Waals surface area contributed by atoms with Crippen molar-refractivity contribution in [2.24, 2.45) is 11.3 Å². The molecule has 0 aliphatic carbocycles. The third kappa shape index (κ3) is 14.6. The number of aromatic hydroxyl groups is 3. The molecule has 3 aromatic rings. The summed E-state index contributed by atoms with van der Waals surface area (Å²) in [6.07, 6.45) is -0.419. The van der Waals surface area contributed by atoms with Gasteiger partial charge in [0, 0.05) is 5.41 Å². The fourth-order valence-electron chi connectivity index (χ4n) is 4.82. The van der Waals surface area contributed by atoms with E-state index < -0.39 is 6.10 Å². The summed E-state index contributed by atoms with van der Waals surface area (Å²) in [6.45, 7) is 32.4. The van der Waals surface area contributed by atoms with Crippen molar-refractivity contribution >= 4 is 0 Å². The Balaban J connectivity index is 0.000000589. The van der Waals surface area contributed by atoms with E-state index in [9.17, 15) is 20.4 Å². The molecule has 0 amide bonds. The second kappa shape index (κ2) is 17.2. The predicted octanol–water partition coefficient (Wildman–Crippen LogP) is 10.0. The molecule has 0 aromatic heterocycles. The molecule has 0 aliphatic rings. The van der Waals surface area contributed by atoms with Crippen molar-refractivity contribution in [3.05, 3.63) is 88.0 Å². The third-order valence-corrected chi connectivity index (χ3v) is 7.72. The second-order valence-electron chi connectivity index (χ2n) is 16.6. The Bertz CT molecular complexity index is 1200. The molecule has 0 heterocycles. The fraction of sp³-hybridized carbons (Fsp3) is 0.561. The minimum Gasteiger partial charge on any atom is -0.508 e. The summed E-state index contributed by atoms with van der Waals surface area (Å²) in [4.78, 5) is 0. The van der Waals surface area contributed by atoms with Crippen LogP contribution >= 0.6 is 0 Å². The van der Waals surface area contributed by atoms with Crippen LogP contribution in [-0.2, 0) is 16.2 Å². The summed E-state index contributed by atoms with van der Waals surface area (Å²) in [6, 6.07) is 17.5. The normalized spacial score (nSPS) is 12.6. The highest BCUT2D eigenvalue weighted by molar-refractivity contribution is 5.41. The van der Waals surface area contributed by atoms with E-state index >= 15 is 0 Å². The Hall–Kier alpha value is -3.02. The van der Waals surface area contributed by atoms with Gasteiger partial charge in [0.15, 0.2) is 0 Å². The zero-order chi connectivity index (χ0) is 36.4. The van der Waals surface area contributed by atoms with Gasteiger partial charge in [0.25, 0.3) is 0 Å². The van der Waals surface area contributed by atoms with E-state index in [1.807, 2.05) is 84.9 Å². The lowest BCUT2D eigenvalue weighted by Gasteiger charge is -2.30. The summed E-state index contributed by atoms with van der Waals surface area (Å²) in [5.41, 5.74) is 6.03. The second-order valence-corrected chi connectivity index (χ2v) is 16.6. The molecular formula is C41H66O5. The monoisotopic (exact) mass is 638 g/mol. The average Bonchev–Trinajstić information content (AvgIpc) is 2.86. The van der Waals surface area contributed by atoms with Gasteiger partial charge >= 0.3 is 0 Å². The van der Waals surface area contributed by atoms with Crippen molar-refractivity contribution in [3.8, 4) is 17.2 Å². The van der Waals surface area contributed by atoms with Gasteiger partial charge in [-0.3, -0.25) is 0 Å². The molecule has 5 nitrogen and oxygen atoms in total. The van der Waals surface area contributed by atoms with Crippen molar-refractivity contribution in [1.29, 1.82) is 0 Å². The Kier molecular flexibility index (Phi) is 16.1. The fourth-order valence-corrected chi connectivity index (χ4v) is 4.82. The third-order valence-electron chi connectivity index (χ3n) is 7.72. The van der Waals surface area contributed by atoms with Crippen LogP contribution in [-0.4, -0.2) is 38.2 Å². The average molecular weight is 639 g/mol. The number of aliphatic hydroxyl groups excluding tert-OH is 2. The van der Waals surface area contributed by atoms with E-state index in [4.69, 9.17) is 5.11 Å². The van der Waals surface area contributed by atoms with E-state index in [2.05, 4.69) is 62.3 Å². The Morgan fingerprint density at radius 1 is 0.500 bits per heavy atom. The molecule has 260 valence electrons. The summed E-state index contributed by atoms with van der Waals surface area (Å²) < 4.78 is 0. The molecule has 0 radical (unpaired) electrons. The number of aryl methyl sites for hydroxylation is 3. The first-order chi connectivity index (χ1) is 20.6. The molecule has 0 saturated carbocycles. The maximum atomic E-state index is 9.63. The number of phenolic OH excluding ortho intramolecular Hbond substituents is 3. The van der Waals surface area contributed by atoms with E-state index in [1.165, 1.54) is 0 Å². The number of hydrogen-bond acceptors (Lipinski definition) is 5. The minimum atomic E-state index is -0.419. The van der Waals surface area contributed by atoms with E-state index in [1.54, 1.807) is 18.2 Å². The van der Waals surface area contributed by atoms with E-state index in [0.717, 1.165) is 33.4 Å². The molecular weight excluding hydrogens is 572 g/mol. The van der Waals surface area contributed by atoms with Crippen molar-refractivity contribution in [3.63, 3.8) is 0 Å². The predicted molar refractivity (Wildman–Crippen MR) is 196 cm³/mol. The quantitative estimate of drug-likeness (QED) is 0.197. The summed E-state index contributed by atoms with van der Waals surface area (Å²) in [5.74, 6) is 1.43. The Morgan fingerprint density at radius 3 is 0.870 bits per heavy atom. The molecule has 5 heteroatoms. The molecule has 3 aromatic carbocycles. The maximum Gasteiger partial charge on any atom is 0.119 e. The Labute approximate surface area is 281 Å². The molecule has 46 heavy (non-hydrogen) atoms. The SMILES string of the molecule is CC(C)C(O)C(C)(C)CO.Cc1ccc(C(C)(C)C)c(O)c1.Cc1ccc(C(C)(C)C)c(O)c1.Cc1ccc(C(C)(C)C)c(O)c1. The highest BCUT2D eigenvalue weighted by Crippen LogP contribution is 2.32. The first-order valence-electron chi connectivity index (χ1n) is 16.3. The van der Waals surface area contributed by atoms with Gasteiger partial charge in [0.05, 0.1) is 12.7 Å². The van der Waals surface area contributed by atoms with Gasteiger partial charge in [0.1, 0.15) is 17.2 Å². The minimum absolute atomic E-state index is 0.0256. The largest absolute Gasteiger partial charge is 0.508 e. The molecule has 0 fully saturated rings. The standard InChI is InChI=1S/3C11H16O.C8H18O2/c3*1-8-5-6-9(10(12)7-8)11(2,3)4;1-6(2)7(10)8(3,4)5-9/h3*5-7,12H,1-4H3;6-7,9-10H,5H2,1-4H3. The zero-order valence-corrected chi connectivity index (χ0v) is 31.8. The van der Waals surface area contributed by atoms with Crippen LogP contribution in [0.3, 0.4) is 0 Å². The lowest BCUT2D eigenvalue weighted by atomic mass is 9.82. The topological polar surface area (TPSA) is 101 Å². The summed E-state index contributed by atoms with van der Waals surface area (Å²) in [5, 5.41) is 47.2. The molecule has 0 saturated heterocycles. The lowest BCUT2D eigenvalue weighted by Crippen LogP contribution is -2.36. The van der Waals surface area contributed by atoms with Gasteiger partial charge in [0.2, 0.25) is 0 Å². The van der Waals surface area contributed by atoms with Crippen molar-refractivity contribution in [2.45, 2.75) is 133 Å². The highest BCUT2D eigenvalue weighted by atomic mass is 16.3. The molecule has 3 rings (SSSR count). The zero-order valence-electron chi connectivity index (χ0n) is 31.8. The molecule has 0 spiro atoms. The van der Waals surface area contributed by atoms with Crippen LogP contribution in [0.25, 0.3) is 0 Å². The molecule has 1 atom stereocenters. The van der Waals surface area contributed by atoms with Crippen molar-refractivity contribution < 1.29 is 25.5 Å². The van der Waals surface area contributed by atoms with Gasteiger partial charge in [-0.25, -0.2) is 0 Å². The first-order valence-corrected chi connectivity index (χ1v) is 16.3. The number of hydrogen-bond donors (Lipinski definition) is 5. The van der Waals surface area contributed by atoms with Gasteiger partial charge < -0.3 is 25.5 Å². The number of phenols is 3. The van der Waals surface area contributed by atoms with E-state index in [-0.39, 0.29) is 34.2 Å². The van der Waals surface area contributed by atoms with Gasteiger partial charge in [-0.15, -0.1) is 0 Å². The van der Waals surface area contributed by atoms with Crippen LogP contribution in [0.5, 0.6) is 17.2 Å². The smallest absolute Gasteiger partial charge is 0.119 e. The molecule has 5 N–H and O–H groups in total. The van der Waals surface area contributed by atoms with Crippen LogP contribution in [0.2, 0.25) is 0 Å². The molecule has 0 bridgehead atoms. The van der Waals surface area contributed by atoms with Crippen molar-refractivity contribution in [1.82, 2.24) is 0 Å². The first kappa shape index (κ1) is 43.0. The van der Waals surface area contributed by atoms with Crippen molar-refractivity contribution in [2.75, 3.05) is 6.61 Å². The van der Waals surface area contributed by atoms with Crippen LogP contribution in [0, 0.1) is 32.1 Å². The number of benzene rings is 3. The lowest BCUT2D eigenvalue weighted by molar-refractivity contribution is -0.0204. The van der Waals surface area contributed by atoms with Crippen LogP contribution in [0.15, 0.2) is 54.6 Å². The number of rotatable bonds is 3. The van der Waals surface area contributed by atoms with Gasteiger partial charge in [-0.1, -0.05) is 126 Å². The number of aliphatic hydroxyl groups is 2. The van der Waals surface area contributed by atoms with Crippen LogP contribution in [0.4, 0.5) is 0 Å². The maximum absolute atomic E-state index is 9.63. The molecule has 1 unspecified atom stereocenters. The van der Waals surface area contributed by atoms with Crippen LogP contribution in [0.1, 0.15) is 123 Å². The summed E-state index contributed by atoms with van der Waals surface area (Å²) >= 11 is 0. The van der Waals surface area contributed by atoms with Gasteiger partial charge in [-0.2, -0.15) is 0 Å². The van der Waals surface area contributed by atoms with Gasteiger partial charge in [-0.05, 0) is 94.5 Å².